The molecule has 1 aliphatic heterocycles. The van der Waals surface area contributed by atoms with E-state index >= 15 is 0 Å². The fourth-order valence-corrected chi connectivity index (χ4v) is 6.41. The number of hydrogen-bond donors (Lipinski definition) is 1. The molecule has 1 aromatic heterocycles. The van der Waals surface area contributed by atoms with Gasteiger partial charge >= 0.3 is 0 Å². The van der Waals surface area contributed by atoms with Crippen molar-refractivity contribution in [3.8, 4) is 5.75 Å². The number of benzene rings is 1. The third-order valence-electron chi connectivity index (χ3n) is 5.39. The monoisotopic (exact) mass is 436 g/mol. The fraction of sp³-hybridized carbons (Fsp3) is 0.476. The fourth-order valence-electron chi connectivity index (χ4n) is 3.74. The van der Waals surface area contributed by atoms with Gasteiger partial charge in [0.25, 0.3) is 10.0 Å². The number of thiophene rings is 1. The molecule has 1 saturated heterocycles. The summed E-state index contributed by atoms with van der Waals surface area (Å²) in [6, 6.07) is 9.14. The van der Waals surface area contributed by atoms with E-state index in [9.17, 15) is 13.2 Å². The molecule has 2 heterocycles. The normalized spacial score (nSPS) is 18.9. The van der Waals surface area contributed by atoms with E-state index in [1.807, 2.05) is 32.0 Å². The Hall–Kier alpha value is -1.90. The molecule has 29 heavy (non-hydrogen) atoms. The molecular formula is C21H28N2O4S2. The van der Waals surface area contributed by atoms with Gasteiger partial charge in [0.2, 0.25) is 5.91 Å². The maximum absolute atomic E-state index is 13.0. The Morgan fingerprint density at radius 2 is 2.17 bits per heavy atom. The first-order valence-corrected chi connectivity index (χ1v) is 12.2. The minimum atomic E-state index is -3.53. The lowest BCUT2D eigenvalue weighted by Crippen LogP contribution is -2.45. The molecule has 3 rings (SSSR count). The van der Waals surface area contributed by atoms with E-state index in [0.29, 0.717) is 23.6 Å². The highest BCUT2D eigenvalue weighted by molar-refractivity contribution is 7.91. The summed E-state index contributed by atoms with van der Waals surface area (Å²) < 4.78 is 32.7. The molecule has 0 aliphatic carbocycles. The number of carbonyl (C=O) groups excluding carboxylic acids is 1. The van der Waals surface area contributed by atoms with Crippen LogP contribution < -0.4 is 10.1 Å². The van der Waals surface area contributed by atoms with Gasteiger partial charge in [-0.1, -0.05) is 25.1 Å². The minimum Gasteiger partial charge on any atom is -0.496 e. The summed E-state index contributed by atoms with van der Waals surface area (Å²) in [6.07, 6.45) is 2.13. The third-order valence-corrected chi connectivity index (χ3v) is 8.63. The highest BCUT2D eigenvalue weighted by atomic mass is 32.2. The van der Waals surface area contributed by atoms with Crippen molar-refractivity contribution >= 4 is 27.3 Å². The number of ether oxygens (including phenoxy) is 1. The molecule has 0 saturated carbocycles. The number of nitrogens with zero attached hydrogens (tertiary/aromatic N) is 1. The van der Waals surface area contributed by atoms with Crippen molar-refractivity contribution in [2.24, 2.45) is 5.92 Å². The predicted molar refractivity (Wildman–Crippen MR) is 115 cm³/mol. The third kappa shape index (κ3) is 4.82. The van der Waals surface area contributed by atoms with Crippen LogP contribution in [0.1, 0.15) is 43.4 Å². The first kappa shape index (κ1) is 21.8. The zero-order chi connectivity index (χ0) is 21.0. The van der Waals surface area contributed by atoms with Gasteiger partial charge < -0.3 is 10.1 Å². The number of methoxy groups -OCH3 is 1. The van der Waals surface area contributed by atoms with Crippen molar-refractivity contribution in [1.82, 2.24) is 9.62 Å². The Morgan fingerprint density at radius 3 is 2.79 bits per heavy atom. The van der Waals surface area contributed by atoms with Gasteiger partial charge in [0.15, 0.2) is 0 Å². The van der Waals surface area contributed by atoms with Gasteiger partial charge in [-0.15, -0.1) is 11.3 Å². The van der Waals surface area contributed by atoms with Crippen LogP contribution >= 0.6 is 11.3 Å². The molecular weight excluding hydrogens is 408 g/mol. The van der Waals surface area contributed by atoms with E-state index in [0.717, 1.165) is 23.3 Å². The topological polar surface area (TPSA) is 75.7 Å². The quantitative estimate of drug-likeness (QED) is 0.718. The molecule has 1 aliphatic rings. The highest BCUT2D eigenvalue weighted by Crippen LogP contribution is 2.28. The number of amides is 1. The van der Waals surface area contributed by atoms with E-state index in [2.05, 4.69) is 5.32 Å². The number of aryl methyl sites for hydroxylation is 1. The zero-order valence-corrected chi connectivity index (χ0v) is 18.7. The van der Waals surface area contributed by atoms with Gasteiger partial charge in [-0.25, -0.2) is 8.42 Å². The van der Waals surface area contributed by atoms with E-state index in [1.165, 1.54) is 15.6 Å². The second-order valence-corrected chi connectivity index (χ2v) is 10.4. The molecule has 1 aromatic carbocycles. The number of sulfonamides is 1. The number of carbonyl (C=O) groups is 1. The Bertz CT molecular complexity index is 942. The summed E-state index contributed by atoms with van der Waals surface area (Å²) in [5.41, 5.74) is 2.04. The zero-order valence-electron chi connectivity index (χ0n) is 17.1. The molecule has 1 N–H and O–H groups in total. The molecule has 2 atom stereocenters. The Morgan fingerprint density at radius 1 is 1.38 bits per heavy atom. The lowest BCUT2D eigenvalue weighted by atomic mass is 9.96. The summed E-state index contributed by atoms with van der Waals surface area (Å²) in [7, 11) is -1.89. The van der Waals surface area contributed by atoms with Crippen LogP contribution in [0.4, 0.5) is 0 Å². The van der Waals surface area contributed by atoms with Gasteiger partial charge in [-0.2, -0.15) is 4.31 Å². The smallest absolute Gasteiger partial charge is 0.252 e. The molecule has 158 valence electrons. The second kappa shape index (κ2) is 9.28. The molecule has 1 amide bonds. The number of hydrogen-bond acceptors (Lipinski definition) is 5. The summed E-state index contributed by atoms with van der Waals surface area (Å²) in [6.45, 7) is 4.69. The van der Waals surface area contributed by atoms with E-state index in [4.69, 9.17) is 4.74 Å². The molecule has 2 aromatic rings. The maximum atomic E-state index is 13.0. The molecule has 0 spiro atoms. The van der Waals surface area contributed by atoms with Crippen molar-refractivity contribution in [1.29, 1.82) is 0 Å². The van der Waals surface area contributed by atoms with Gasteiger partial charge in [0.1, 0.15) is 9.96 Å². The number of piperidine rings is 1. The summed E-state index contributed by atoms with van der Waals surface area (Å²) in [4.78, 5) is 13.0. The summed E-state index contributed by atoms with van der Waals surface area (Å²) >= 11 is 1.21. The van der Waals surface area contributed by atoms with Crippen molar-refractivity contribution in [3.63, 3.8) is 0 Å². The average Bonchev–Trinajstić information content (AvgIpc) is 3.27. The van der Waals surface area contributed by atoms with E-state index < -0.39 is 10.0 Å². The SMILES string of the molecule is CC[C@@H](NC(=O)[C@H]1CCCN(S(=O)(=O)c2cccs2)C1)c1ccc(OC)c(C)c1. The molecule has 6 nitrogen and oxygen atoms in total. The molecule has 0 unspecified atom stereocenters. The van der Waals surface area contributed by atoms with Crippen LogP contribution in [0.3, 0.4) is 0 Å². The van der Waals surface area contributed by atoms with Crippen LogP contribution in [-0.2, 0) is 14.8 Å². The molecule has 0 radical (unpaired) electrons. The predicted octanol–water partition coefficient (Wildman–Crippen LogP) is 3.73. The van der Waals surface area contributed by atoms with Crippen LogP contribution in [-0.4, -0.2) is 38.8 Å². The number of rotatable bonds is 7. The summed E-state index contributed by atoms with van der Waals surface area (Å²) in [5, 5.41) is 4.88. The Labute approximate surface area is 176 Å². The van der Waals surface area contributed by atoms with Crippen LogP contribution in [0.15, 0.2) is 39.9 Å². The average molecular weight is 437 g/mol. The van der Waals surface area contributed by atoms with Crippen LogP contribution in [0, 0.1) is 12.8 Å². The highest BCUT2D eigenvalue weighted by Gasteiger charge is 2.34. The van der Waals surface area contributed by atoms with Crippen molar-refractivity contribution in [2.45, 2.75) is 43.4 Å². The second-order valence-electron chi connectivity index (χ2n) is 7.33. The van der Waals surface area contributed by atoms with Gasteiger partial charge in [0.05, 0.1) is 19.1 Å². The molecule has 1 fully saturated rings. The number of nitrogens with one attached hydrogen (secondary N) is 1. The van der Waals surface area contributed by atoms with Crippen molar-refractivity contribution < 1.29 is 17.9 Å². The van der Waals surface area contributed by atoms with Gasteiger partial charge in [-0.05, 0) is 54.8 Å². The first-order valence-electron chi connectivity index (χ1n) is 9.85. The first-order chi connectivity index (χ1) is 13.9. The van der Waals surface area contributed by atoms with Crippen molar-refractivity contribution in [2.75, 3.05) is 20.2 Å². The van der Waals surface area contributed by atoms with Gasteiger partial charge in [0, 0.05) is 13.1 Å². The Kier molecular flexibility index (Phi) is 6.97. The Balaban J connectivity index is 1.70. The van der Waals surface area contributed by atoms with Gasteiger partial charge in [-0.3, -0.25) is 4.79 Å². The van der Waals surface area contributed by atoms with Crippen LogP contribution in [0.25, 0.3) is 0 Å². The standard InChI is InChI=1S/C21H28N2O4S2/c1-4-18(16-9-10-19(27-3)15(2)13-16)22-21(24)17-7-5-11-23(14-17)29(25,26)20-8-6-12-28-20/h6,8-10,12-13,17-18H,4-5,7,11,14H2,1-3H3,(H,22,24)/t17-,18+/m0/s1. The minimum absolute atomic E-state index is 0.0867. The lowest BCUT2D eigenvalue weighted by molar-refractivity contribution is -0.126. The van der Waals surface area contributed by atoms with Crippen molar-refractivity contribution in [3.05, 3.63) is 46.8 Å². The molecule has 0 bridgehead atoms. The van der Waals surface area contributed by atoms with Crippen LogP contribution in [0.5, 0.6) is 5.75 Å². The van der Waals surface area contributed by atoms with E-state index in [-0.39, 0.29) is 24.4 Å². The van der Waals surface area contributed by atoms with Crippen LogP contribution in [0.2, 0.25) is 0 Å². The maximum Gasteiger partial charge on any atom is 0.252 e. The lowest BCUT2D eigenvalue weighted by Gasteiger charge is -2.32. The molecule has 8 heteroatoms. The van der Waals surface area contributed by atoms with E-state index in [1.54, 1.807) is 24.6 Å². The largest absolute Gasteiger partial charge is 0.496 e. The summed E-state index contributed by atoms with van der Waals surface area (Å²) in [5.74, 6) is 0.389.